The van der Waals surface area contributed by atoms with E-state index in [1.54, 1.807) is 11.3 Å². The summed E-state index contributed by atoms with van der Waals surface area (Å²) in [5.74, 6) is 2.76. The maximum Gasteiger partial charge on any atom is 0.135 e. The molecule has 0 amide bonds. The van der Waals surface area contributed by atoms with Crippen LogP contribution < -0.4 is 10.6 Å². The molecule has 0 atom stereocenters. The standard InChI is InChI=1S/C15H21BrN4S/c1-4-6-13-19-14(17-5-2)10(3)15(20-13)18-9-11-7-8-12(16)21-11/h7-8H,4-6,9H2,1-3H3,(H2,17,18,19,20). The van der Waals surface area contributed by atoms with Gasteiger partial charge in [0.2, 0.25) is 0 Å². The Morgan fingerprint density at radius 3 is 2.43 bits per heavy atom. The molecule has 0 radical (unpaired) electrons. The number of anilines is 2. The predicted molar refractivity (Wildman–Crippen MR) is 94.3 cm³/mol. The number of hydrogen-bond donors (Lipinski definition) is 2. The normalized spacial score (nSPS) is 10.7. The van der Waals surface area contributed by atoms with Crippen molar-refractivity contribution in [1.29, 1.82) is 0 Å². The van der Waals surface area contributed by atoms with Gasteiger partial charge in [-0.15, -0.1) is 11.3 Å². The fourth-order valence-corrected chi connectivity index (χ4v) is 3.45. The molecule has 2 heterocycles. The fourth-order valence-electron chi connectivity index (χ4n) is 2.03. The van der Waals surface area contributed by atoms with Crippen LogP contribution >= 0.6 is 27.3 Å². The third-order valence-electron chi connectivity index (χ3n) is 3.07. The van der Waals surface area contributed by atoms with Crippen molar-refractivity contribution >= 4 is 38.9 Å². The number of rotatable bonds is 7. The van der Waals surface area contributed by atoms with Crippen LogP contribution in [0.1, 0.15) is 36.5 Å². The van der Waals surface area contributed by atoms with Crippen LogP contribution in [-0.2, 0) is 13.0 Å². The number of hydrogen-bond acceptors (Lipinski definition) is 5. The van der Waals surface area contributed by atoms with Gasteiger partial charge in [0, 0.05) is 23.4 Å². The van der Waals surface area contributed by atoms with Crippen molar-refractivity contribution in [1.82, 2.24) is 9.97 Å². The fraction of sp³-hybridized carbons (Fsp3) is 0.467. The molecule has 4 nitrogen and oxygen atoms in total. The van der Waals surface area contributed by atoms with Gasteiger partial charge in [0.1, 0.15) is 17.5 Å². The van der Waals surface area contributed by atoms with E-state index in [2.05, 4.69) is 69.4 Å². The molecule has 2 aromatic heterocycles. The third kappa shape index (κ3) is 4.41. The van der Waals surface area contributed by atoms with E-state index in [0.29, 0.717) is 0 Å². The Kier molecular flexibility index (Phi) is 5.99. The van der Waals surface area contributed by atoms with Gasteiger partial charge in [-0.2, -0.15) is 0 Å². The maximum absolute atomic E-state index is 4.66. The lowest BCUT2D eigenvalue weighted by molar-refractivity contribution is 0.830. The Bertz CT molecular complexity index is 597. The summed E-state index contributed by atoms with van der Waals surface area (Å²) in [5.41, 5.74) is 1.08. The summed E-state index contributed by atoms with van der Waals surface area (Å²) >= 11 is 5.23. The average molecular weight is 369 g/mol. The van der Waals surface area contributed by atoms with Gasteiger partial charge in [0.15, 0.2) is 0 Å². The summed E-state index contributed by atoms with van der Waals surface area (Å²) in [6.07, 6.45) is 1.95. The largest absolute Gasteiger partial charge is 0.370 e. The minimum atomic E-state index is 0.783. The molecule has 0 aromatic carbocycles. The Balaban J connectivity index is 2.19. The lowest BCUT2D eigenvalue weighted by Crippen LogP contribution is -2.11. The molecule has 2 rings (SSSR count). The first-order chi connectivity index (χ1) is 10.1. The molecular formula is C15H21BrN4S. The number of aromatic nitrogens is 2. The average Bonchev–Trinajstić information content (AvgIpc) is 2.87. The summed E-state index contributed by atoms with van der Waals surface area (Å²) < 4.78 is 1.15. The molecule has 0 fully saturated rings. The SMILES string of the molecule is CCCc1nc(NCC)c(C)c(NCc2ccc(Br)s2)n1. The van der Waals surface area contributed by atoms with Crippen LogP contribution in [0.25, 0.3) is 0 Å². The molecule has 0 aliphatic heterocycles. The topological polar surface area (TPSA) is 49.8 Å². The van der Waals surface area contributed by atoms with Crippen molar-refractivity contribution in [2.75, 3.05) is 17.2 Å². The minimum absolute atomic E-state index is 0.783. The van der Waals surface area contributed by atoms with Gasteiger partial charge in [0.25, 0.3) is 0 Å². The number of nitrogens with one attached hydrogen (secondary N) is 2. The smallest absolute Gasteiger partial charge is 0.135 e. The van der Waals surface area contributed by atoms with Crippen LogP contribution in [0.2, 0.25) is 0 Å². The number of thiophene rings is 1. The maximum atomic E-state index is 4.66. The molecule has 0 aliphatic rings. The van der Waals surface area contributed by atoms with Crippen molar-refractivity contribution in [3.05, 3.63) is 32.2 Å². The van der Waals surface area contributed by atoms with Crippen LogP contribution in [0, 0.1) is 6.92 Å². The van der Waals surface area contributed by atoms with Crippen LogP contribution in [0.5, 0.6) is 0 Å². The lowest BCUT2D eigenvalue weighted by Gasteiger charge is -2.14. The molecule has 6 heteroatoms. The second kappa shape index (κ2) is 7.75. The molecule has 0 spiro atoms. The summed E-state index contributed by atoms with van der Waals surface area (Å²) in [7, 11) is 0. The van der Waals surface area contributed by atoms with Crippen molar-refractivity contribution in [2.45, 2.75) is 40.2 Å². The molecule has 0 unspecified atom stereocenters. The van der Waals surface area contributed by atoms with Crippen LogP contribution in [0.4, 0.5) is 11.6 Å². The third-order valence-corrected chi connectivity index (χ3v) is 4.69. The van der Waals surface area contributed by atoms with Crippen molar-refractivity contribution in [3.8, 4) is 0 Å². The van der Waals surface area contributed by atoms with E-state index < -0.39 is 0 Å². The van der Waals surface area contributed by atoms with E-state index in [1.165, 1.54) is 4.88 Å². The first kappa shape index (κ1) is 16.2. The first-order valence-electron chi connectivity index (χ1n) is 7.23. The van der Waals surface area contributed by atoms with Crippen molar-refractivity contribution in [3.63, 3.8) is 0 Å². The van der Waals surface area contributed by atoms with Crippen LogP contribution in [0.3, 0.4) is 0 Å². The second-order valence-corrected chi connectivity index (χ2v) is 7.35. The zero-order valence-electron chi connectivity index (χ0n) is 12.7. The summed E-state index contributed by atoms with van der Waals surface area (Å²) in [6.45, 7) is 7.93. The van der Waals surface area contributed by atoms with E-state index in [0.717, 1.165) is 52.7 Å². The highest BCUT2D eigenvalue weighted by atomic mass is 79.9. The molecule has 0 saturated heterocycles. The number of aryl methyl sites for hydroxylation is 1. The summed E-state index contributed by atoms with van der Waals surface area (Å²) in [6, 6.07) is 4.19. The van der Waals surface area contributed by atoms with Gasteiger partial charge < -0.3 is 10.6 Å². The Hall–Kier alpha value is -1.14. The monoisotopic (exact) mass is 368 g/mol. The predicted octanol–water partition coefficient (Wildman–Crippen LogP) is 4.61. The molecule has 2 N–H and O–H groups in total. The van der Waals surface area contributed by atoms with Gasteiger partial charge >= 0.3 is 0 Å². The van der Waals surface area contributed by atoms with E-state index in [4.69, 9.17) is 0 Å². The van der Waals surface area contributed by atoms with Crippen molar-refractivity contribution in [2.24, 2.45) is 0 Å². The van der Waals surface area contributed by atoms with Crippen LogP contribution in [-0.4, -0.2) is 16.5 Å². The molecule has 114 valence electrons. The van der Waals surface area contributed by atoms with Gasteiger partial charge in [-0.3, -0.25) is 0 Å². The van der Waals surface area contributed by atoms with Gasteiger partial charge in [-0.05, 0) is 48.3 Å². The van der Waals surface area contributed by atoms with E-state index in [-0.39, 0.29) is 0 Å². The molecule has 0 bridgehead atoms. The van der Waals surface area contributed by atoms with E-state index >= 15 is 0 Å². The number of halogens is 1. The van der Waals surface area contributed by atoms with Gasteiger partial charge in [-0.25, -0.2) is 9.97 Å². The molecule has 2 aromatic rings. The lowest BCUT2D eigenvalue weighted by atomic mass is 10.2. The summed E-state index contributed by atoms with van der Waals surface area (Å²) in [5, 5.41) is 6.76. The Morgan fingerprint density at radius 1 is 1.14 bits per heavy atom. The highest BCUT2D eigenvalue weighted by Gasteiger charge is 2.10. The van der Waals surface area contributed by atoms with E-state index in [9.17, 15) is 0 Å². The zero-order valence-corrected chi connectivity index (χ0v) is 15.1. The van der Waals surface area contributed by atoms with E-state index in [1.807, 2.05) is 0 Å². The minimum Gasteiger partial charge on any atom is -0.370 e. The Morgan fingerprint density at radius 2 is 1.86 bits per heavy atom. The highest BCUT2D eigenvalue weighted by molar-refractivity contribution is 9.11. The van der Waals surface area contributed by atoms with Crippen LogP contribution in [0.15, 0.2) is 15.9 Å². The summed E-state index contributed by atoms with van der Waals surface area (Å²) in [4.78, 5) is 10.5. The molecule has 0 aliphatic carbocycles. The molecule has 21 heavy (non-hydrogen) atoms. The first-order valence-corrected chi connectivity index (χ1v) is 8.84. The quantitative estimate of drug-likeness (QED) is 0.749. The van der Waals surface area contributed by atoms with Crippen molar-refractivity contribution < 1.29 is 0 Å². The highest BCUT2D eigenvalue weighted by Crippen LogP contribution is 2.25. The zero-order chi connectivity index (χ0) is 15.2. The van der Waals surface area contributed by atoms with Gasteiger partial charge in [-0.1, -0.05) is 6.92 Å². The van der Waals surface area contributed by atoms with Gasteiger partial charge in [0.05, 0.1) is 10.3 Å². The number of nitrogens with zero attached hydrogens (tertiary/aromatic N) is 2. The Labute approximate surface area is 138 Å². The second-order valence-electron chi connectivity index (χ2n) is 4.80. The molecular weight excluding hydrogens is 348 g/mol. The molecule has 0 saturated carbocycles.